The van der Waals surface area contributed by atoms with Crippen LogP contribution in [0, 0.1) is 0 Å². The number of hydrogen-bond acceptors (Lipinski definition) is 5. The molecule has 7 heteroatoms. The van der Waals surface area contributed by atoms with Gasteiger partial charge in [-0.05, 0) is 31.5 Å². The van der Waals surface area contributed by atoms with Crippen LogP contribution in [0.2, 0.25) is 0 Å². The molecule has 0 saturated heterocycles. The van der Waals surface area contributed by atoms with Gasteiger partial charge in [-0.15, -0.1) is 0 Å². The Morgan fingerprint density at radius 1 is 1.04 bits per heavy atom. The fraction of sp³-hybridized carbons (Fsp3) is 0.300. The number of rotatable bonds is 8. The van der Waals surface area contributed by atoms with E-state index < -0.39 is 18.0 Å². The molecule has 1 unspecified atom stereocenters. The highest BCUT2D eigenvalue weighted by Gasteiger charge is 2.22. The number of urea groups is 1. The molecule has 0 bridgehead atoms. The Morgan fingerprint density at radius 2 is 1.78 bits per heavy atom. The summed E-state index contributed by atoms with van der Waals surface area (Å²) in [6, 6.07) is 13.2. The molecule has 0 aliphatic carbocycles. The number of carbonyl (C=O) groups is 2. The molecule has 0 spiro atoms. The fourth-order valence-electron chi connectivity index (χ4n) is 2.53. The van der Waals surface area contributed by atoms with Crippen LogP contribution in [-0.4, -0.2) is 32.2 Å². The summed E-state index contributed by atoms with van der Waals surface area (Å²) in [4.78, 5) is 24.4. The average Bonchev–Trinajstić information content (AvgIpc) is 2.68. The van der Waals surface area contributed by atoms with E-state index in [9.17, 15) is 9.59 Å². The van der Waals surface area contributed by atoms with E-state index in [1.807, 2.05) is 37.3 Å². The Morgan fingerprint density at radius 3 is 2.41 bits per heavy atom. The van der Waals surface area contributed by atoms with Crippen molar-refractivity contribution in [3.8, 4) is 11.5 Å². The van der Waals surface area contributed by atoms with Crippen molar-refractivity contribution in [3.63, 3.8) is 0 Å². The van der Waals surface area contributed by atoms with Crippen LogP contribution < -0.4 is 25.4 Å². The van der Waals surface area contributed by atoms with E-state index in [4.69, 9.17) is 9.47 Å². The van der Waals surface area contributed by atoms with Gasteiger partial charge in [0.05, 0.1) is 13.7 Å². The maximum absolute atomic E-state index is 12.7. The quantitative estimate of drug-likeness (QED) is 0.664. The topological polar surface area (TPSA) is 88.7 Å². The van der Waals surface area contributed by atoms with Gasteiger partial charge in [-0.3, -0.25) is 10.1 Å². The van der Waals surface area contributed by atoms with Gasteiger partial charge in [0, 0.05) is 18.3 Å². The Hall–Kier alpha value is -3.22. The number of hydrogen-bond donors (Lipinski definition) is 3. The number of carbonyl (C=O) groups excluding carboxylic acids is 2. The fourth-order valence-corrected chi connectivity index (χ4v) is 2.53. The van der Waals surface area contributed by atoms with E-state index in [1.165, 1.54) is 0 Å². The summed E-state index contributed by atoms with van der Waals surface area (Å²) in [5, 5.41) is 8.06. The molecule has 0 heterocycles. The number of imide groups is 1. The van der Waals surface area contributed by atoms with E-state index >= 15 is 0 Å². The van der Waals surface area contributed by atoms with Crippen LogP contribution in [0.25, 0.3) is 0 Å². The lowest BCUT2D eigenvalue weighted by atomic mass is 10.1. The molecule has 1 atom stereocenters. The van der Waals surface area contributed by atoms with Crippen LogP contribution in [-0.2, 0) is 4.79 Å². The number of methoxy groups -OCH3 is 1. The molecule has 144 valence electrons. The third kappa shape index (κ3) is 5.64. The van der Waals surface area contributed by atoms with Gasteiger partial charge in [-0.2, -0.15) is 0 Å². The van der Waals surface area contributed by atoms with Crippen LogP contribution >= 0.6 is 0 Å². The first kappa shape index (κ1) is 20.1. The zero-order chi connectivity index (χ0) is 19.6. The molecule has 0 saturated carbocycles. The van der Waals surface area contributed by atoms with E-state index in [0.717, 1.165) is 5.56 Å². The molecule has 0 aliphatic rings. The van der Waals surface area contributed by atoms with Crippen molar-refractivity contribution >= 4 is 17.6 Å². The molecule has 0 aromatic heterocycles. The van der Waals surface area contributed by atoms with Crippen LogP contribution in [0.15, 0.2) is 48.5 Å². The van der Waals surface area contributed by atoms with Crippen molar-refractivity contribution in [3.05, 3.63) is 54.1 Å². The molecule has 0 aliphatic heterocycles. The number of ether oxygens (including phenoxy) is 2. The zero-order valence-corrected chi connectivity index (χ0v) is 15.7. The maximum Gasteiger partial charge on any atom is 0.321 e. The van der Waals surface area contributed by atoms with Crippen LogP contribution in [0.1, 0.15) is 25.5 Å². The lowest BCUT2D eigenvalue weighted by Crippen LogP contribution is -2.43. The lowest BCUT2D eigenvalue weighted by molar-refractivity contribution is -0.120. The Labute approximate surface area is 159 Å². The first-order valence-electron chi connectivity index (χ1n) is 8.80. The van der Waals surface area contributed by atoms with Crippen molar-refractivity contribution in [1.82, 2.24) is 10.6 Å². The second kappa shape index (κ2) is 10.1. The van der Waals surface area contributed by atoms with Gasteiger partial charge < -0.3 is 20.1 Å². The monoisotopic (exact) mass is 371 g/mol. The van der Waals surface area contributed by atoms with Crippen molar-refractivity contribution in [2.24, 2.45) is 0 Å². The Kier molecular flexibility index (Phi) is 7.49. The SMILES string of the molecule is CCNC(=O)NC(=O)C(Nc1ccc(OCC)c(OC)c1)c1ccccc1. The summed E-state index contributed by atoms with van der Waals surface area (Å²) < 4.78 is 10.9. The van der Waals surface area contributed by atoms with E-state index in [0.29, 0.717) is 30.3 Å². The summed E-state index contributed by atoms with van der Waals surface area (Å²) in [6.07, 6.45) is 0. The lowest BCUT2D eigenvalue weighted by Gasteiger charge is -2.20. The maximum atomic E-state index is 12.7. The largest absolute Gasteiger partial charge is 0.493 e. The molecule has 0 fully saturated rings. The molecule has 2 aromatic rings. The third-order valence-electron chi connectivity index (χ3n) is 3.74. The van der Waals surface area contributed by atoms with Crippen LogP contribution in [0.3, 0.4) is 0 Å². The summed E-state index contributed by atoms with van der Waals surface area (Å²) in [5.74, 6) is 0.714. The predicted octanol–water partition coefficient (Wildman–Crippen LogP) is 3.09. The molecule has 0 radical (unpaired) electrons. The summed E-state index contributed by atoms with van der Waals surface area (Å²) in [7, 11) is 1.55. The normalized spacial score (nSPS) is 11.2. The highest BCUT2D eigenvalue weighted by atomic mass is 16.5. The minimum Gasteiger partial charge on any atom is -0.493 e. The van der Waals surface area contributed by atoms with E-state index in [-0.39, 0.29) is 0 Å². The second-order valence-electron chi connectivity index (χ2n) is 5.64. The first-order valence-corrected chi connectivity index (χ1v) is 8.80. The summed E-state index contributed by atoms with van der Waals surface area (Å²) in [5.41, 5.74) is 1.39. The third-order valence-corrected chi connectivity index (χ3v) is 3.74. The summed E-state index contributed by atoms with van der Waals surface area (Å²) in [6.45, 7) is 4.62. The van der Waals surface area contributed by atoms with Gasteiger partial charge in [0.15, 0.2) is 11.5 Å². The molecule has 3 amide bonds. The smallest absolute Gasteiger partial charge is 0.321 e. The number of amides is 3. The number of nitrogens with one attached hydrogen (secondary N) is 3. The van der Waals surface area contributed by atoms with Gasteiger partial charge in [0.25, 0.3) is 5.91 Å². The Bertz CT molecular complexity index is 765. The highest BCUT2D eigenvalue weighted by Crippen LogP contribution is 2.31. The predicted molar refractivity (Wildman–Crippen MR) is 104 cm³/mol. The average molecular weight is 371 g/mol. The van der Waals surface area contributed by atoms with Gasteiger partial charge in [0.1, 0.15) is 6.04 Å². The molecule has 2 aromatic carbocycles. The van der Waals surface area contributed by atoms with Gasteiger partial charge >= 0.3 is 6.03 Å². The molecule has 7 nitrogen and oxygen atoms in total. The number of benzene rings is 2. The van der Waals surface area contributed by atoms with Crippen molar-refractivity contribution in [2.75, 3.05) is 25.6 Å². The molecule has 27 heavy (non-hydrogen) atoms. The zero-order valence-electron chi connectivity index (χ0n) is 15.7. The minimum absolute atomic E-state index is 0.429. The number of anilines is 1. The molecule has 2 rings (SSSR count). The van der Waals surface area contributed by atoms with Crippen molar-refractivity contribution < 1.29 is 19.1 Å². The summed E-state index contributed by atoms with van der Waals surface area (Å²) >= 11 is 0. The molecular weight excluding hydrogens is 346 g/mol. The first-order chi connectivity index (χ1) is 13.1. The van der Waals surface area contributed by atoms with Gasteiger partial charge in [-0.1, -0.05) is 30.3 Å². The molecule has 3 N–H and O–H groups in total. The van der Waals surface area contributed by atoms with Gasteiger partial charge in [0.2, 0.25) is 0 Å². The Balaban J connectivity index is 2.26. The van der Waals surface area contributed by atoms with Gasteiger partial charge in [-0.25, -0.2) is 4.79 Å². The van der Waals surface area contributed by atoms with E-state index in [2.05, 4.69) is 16.0 Å². The van der Waals surface area contributed by atoms with Crippen LogP contribution in [0.5, 0.6) is 11.5 Å². The highest BCUT2D eigenvalue weighted by molar-refractivity contribution is 5.98. The standard InChI is InChI=1S/C20H25N3O4/c1-4-21-20(25)23-19(24)18(14-9-7-6-8-10-14)22-15-11-12-16(27-5-2)17(13-15)26-3/h6-13,18,22H,4-5H2,1-3H3,(H2,21,23,24,25). The van der Waals surface area contributed by atoms with Crippen molar-refractivity contribution in [1.29, 1.82) is 0 Å². The van der Waals surface area contributed by atoms with E-state index in [1.54, 1.807) is 32.2 Å². The second-order valence-corrected chi connectivity index (χ2v) is 5.64. The van der Waals surface area contributed by atoms with Crippen molar-refractivity contribution in [2.45, 2.75) is 19.9 Å². The molecular formula is C20H25N3O4. The van der Waals surface area contributed by atoms with Crippen LogP contribution in [0.4, 0.5) is 10.5 Å². The minimum atomic E-state index is -0.753.